The smallest absolute Gasteiger partial charge is 0.254 e. The molecule has 0 bridgehead atoms. The van der Waals surface area contributed by atoms with E-state index in [1.54, 1.807) is 17.0 Å². The van der Waals surface area contributed by atoms with E-state index < -0.39 is 0 Å². The van der Waals surface area contributed by atoms with Gasteiger partial charge in [-0.25, -0.2) is 0 Å². The van der Waals surface area contributed by atoms with Crippen molar-refractivity contribution in [2.75, 3.05) is 19.7 Å². The van der Waals surface area contributed by atoms with Crippen LogP contribution in [0.25, 0.3) is 11.1 Å². The molecular weight excluding hydrogens is 345 g/mol. The standard InChI is InChI=1S/C19H21Cl2NO2/c1-2-22(11-5-6-12-23)19(24)16-8-4-3-7-15(16)14-9-10-17(20)18(21)13-14/h3-4,7-10,13,23H,2,5-6,11-12H2,1H3. The van der Waals surface area contributed by atoms with Crippen molar-refractivity contribution in [3.8, 4) is 11.1 Å². The van der Waals surface area contributed by atoms with Gasteiger partial charge in [0, 0.05) is 25.3 Å². The molecule has 5 heteroatoms. The zero-order valence-corrected chi connectivity index (χ0v) is 15.1. The highest BCUT2D eigenvalue weighted by Crippen LogP contribution is 2.31. The first kappa shape index (κ1) is 18.8. The molecular formula is C19H21Cl2NO2. The number of aliphatic hydroxyl groups excluding tert-OH is 1. The third-order valence-electron chi connectivity index (χ3n) is 3.89. The fourth-order valence-electron chi connectivity index (χ4n) is 2.57. The number of nitrogens with zero attached hydrogens (tertiary/aromatic N) is 1. The first-order valence-electron chi connectivity index (χ1n) is 8.03. The molecule has 1 N–H and O–H groups in total. The lowest BCUT2D eigenvalue weighted by Gasteiger charge is -2.22. The van der Waals surface area contributed by atoms with Crippen LogP contribution in [-0.2, 0) is 0 Å². The second-order valence-corrected chi connectivity index (χ2v) is 6.30. The van der Waals surface area contributed by atoms with Crippen LogP contribution in [0.15, 0.2) is 42.5 Å². The normalized spacial score (nSPS) is 10.7. The molecule has 3 nitrogen and oxygen atoms in total. The van der Waals surface area contributed by atoms with Crippen LogP contribution in [0, 0.1) is 0 Å². The highest BCUT2D eigenvalue weighted by Gasteiger charge is 2.18. The lowest BCUT2D eigenvalue weighted by Crippen LogP contribution is -2.32. The number of amides is 1. The quantitative estimate of drug-likeness (QED) is 0.709. The molecule has 0 aliphatic carbocycles. The molecule has 2 rings (SSSR count). The number of benzene rings is 2. The molecule has 0 aliphatic heterocycles. The molecule has 2 aromatic carbocycles. The van der Waals surface area contributed by atoms with Crippen LogP contribution < -0.4 is 0 Å². The Hall–Kier alpha value is -1.55. The predicted molar refractivity (Wildman–Crippen MR) is 99.8 cm³/mol. The summed E-state index contributed by atoms with van der Waals surface area (Å²) >= 11 is 12.1. The van der Waals surface area contributed by atoms with Crippen LogP contribution in [0.5, 0.6) is 0 Å². The van der Waals surface area contributed by atoms with Crippen molar-refractivity contribution in [1.29, 1.82) is 0 Å². The number of aliphatic hydroxyl groups is 1. The van der Waals surface area contributed by atoms with Gasteiger partial charge in [-0.3, -0.25) is 4.79 Å². The van der Waals surface area contributed by atoms with Gasteiger partial charge >= 0.3 is 0 Å². The van der Waals surface area contributed by atoms with E-state index in [-0.39, 0.29) is 12.5 Å². The van der Waals surface area contributed by atoms with Gasteiger partial charge in [-0.1, -0.05) is 47.5 Å². The molecule has 0 saturated carbocycles. The average Bonchev–Trinajstić information content (AvgIpc) is 2.61. The molecule has 2 aromatic rings. The van der Waals surface area contributed by atoms with Crippen LogP contribution >= 0.6 is 23.2 Å². The van der Waals surface area contributed by atoms with Gasteiger partial charge in [0.05, 0.1) is 10.0 Å². The van der Waals surface area contributed by atoms with E-state index in [4.69, 9.17) is 28.3 Å². The fraction of sp³-hybridized carbons (Fsp3) is 0.316. The summed E-state index contributed by atoms with van der Waals surface area (Å²) in [5.74, 6) is -0.0166. The second kappa shape index (κ2) is 9.07. The van der Waals surface area contributed by atoms with E-state index in [9.17, 15) is 4.79 Å². The van der Waals surface area contributed by atoms with E-state index in [0.717, 1.165) is 17.5 Å². The topological polar surface area (TPSA) is 40.5 Å². The zero-order valence-electron chi connectivity index (χ0n) is 13.6. The largest absolute Gasteiger partial charge is 0.396 e. The molecule has 0 spiro atoms. The first-order valence-corrected chi connectivity index (χ1v) is 8.78. The van der Waals surface area contributed by atoms with E-state index in [0.29, 0.717) is 35.1 Å². The van der Waals surface area contributed by atoms with Crippen molar-refractivity contribution in [2.24, 2.45) is 0 Å². The third kappa shape index (κ3) is 4.50. The van der Waals surface area contributed by atoms with Crippen molar-refractivity contribution in [3.05, 3.63) is 58.1 Å². The Morgan fingerprint density at radius 2 is 1.83 bits per heavy atom. The van der Waals surface area contributed by atoms with Gasteiger partial charge in [0.2, 0.25) is 0 Å². The second-order valence-electron chi connectivity index (χ2n) is 5.49. The minimum absolute atomic E-state index is 0.0166. The number of carbonyl (C=O) groups excluding carboxylic acids is 1. The van der Waals surface area contributed by atoms with Gasteiger partial charge in [-0.2, -0.15) is 0 Å². The number of hydrogen-bond acceptors (Lipinski definition) is 2. The summed E-state index contributed by atoms with van der Waals surface area (Å²) in [6.07, 6.45) is 1.48. The zero-order chi connectivity index (χ0) is 17.5. The molecule has 0 saturated heterocycles. The summed E-state index contributed by atoms with van der Waals surface area (Å²) in [5, 5.41) is 9.88. The Bertz CT molecular complexity index is 704. The fourth-order valence-corrected chi connectivity index (χ4v) is 2.87. The Morgan fingerprint density at radius 1 is 1.08 bits per heavy atom. The molecule has 128 valence electrons. The summed E-state index contributed by atoms with van der Waals surface area (Å²) in [6.45, 7) is 3.36. The summed E-state index contributed by atoms with van der Waals surface area (Å²) in [7, 11) is 0. The molecule has 0 fully saturated rings. The summed E-state index contributed by atoms with van der Waals surface area (Å²) in [4.78, 5) is 14.7. The van der Waals surface area contributed by atoms with Crippen molar-refractivity contribution in [2.45, 2.75) is 19.8 Å². The van der Waals surface area contributed by atoms with Gasteiger partial charge in [0.25, 0.3) is 5.91 Å². The van der Waals surface area contributed by atoms with Crippen molar-refractivity contribution < 1.29 is 9.90 Å². The predicted octanol–water partition coefficient (Wildman–Crippen LogP) is 4.90. The number of carbonyl (C=O) groups is 1. The number of rotatable bonds is 7. The molecule has 0 heterocycles. The average molecular weight is 366 g/mol. The van der Waals surface area contributed by atoms with Crippen molar-refractivity contribution >= 4 is 29.1 Å². The van der Waals surface area contributed by atoms with Gasteiger partial charge in [-0.15, -0.1) is 0 Å². The highest BCUT2D eigenvalue weighted by atomic mass is 35.5. The molecule has 0 unspecified atom stereocenters. The van der Waals surface area contributed by atoms with E-state index in [1.165, 1.54) is 0 Å². The van der Waals surface area contributed by atoms with Crippen LogP contribution in [-0.4, -0.2) is 35.6 Å². The number of unbranched alkanes of at least 4 members (excludes halogenated alkanes) is 1. The number of halogens is 2. The minimum atomic E-state index is -0.0166. The highest BCUT2D eigenvalue weighted by molar-refractivity contribution is 6.42. The van der Waals surface area contributed by atoms with Crippen LogP contribution in [0.1, 0.15) is 30.1 Å². The van der Waals surface area contributed by atoms with Crippen LogP contribution in [0.2, 0.25) is 10.0 Å². The Labute approximate surface area is 152 Å². The van der Waals surface area contributed by atoms with Gasteiger partial charge < -0.3 is 10.0 Å². The Balaban J connectivity index is 2.33. The van der Waals surface area contributed by atoms with E-state index in [2.05, 4.69) is 0 Å². The molecule has 0 radical (unpaired) electrons. The maximum absolute atomic E-state index is 12.9. The SMILES string of the molecule is CCN(CCCCO)C(=O)c1ccccc1-c1ccc(Cl)c(Cl)c1. The third-order valence-corrected chi connectivity index (χ3v) is 4.63. The van der Waals surface area contributed by atoms with Gasteiger partial charge in [0.1, 0.15) is 0 Å². The lowest BCUT2D eigenvalue weighted by atomic mass is 9.98. The summed E-state index contributed by atoms with van der Waals surface area (Å²) in [5.41, 5.74) is 2.34. The summed E-state index contributed by atoms with van der Waals surface area (Å²) < 4.78 is 0. The maximum atomic E-state index is 12.9. The molecule has 1 amide bonds. The minimum Gasteiger partial charge on any atom is -0.396 e. The van der Waals surface area contributed by atoms with Crippen LogP contribution in [0.4, 0.5) is 0 Å². The molecule has 0 aliphatic rings. The Kier molecular flexibility index (Phi) is 7.10. The Morgan fingerprint density at radius 3 is 2.50 bits per heavy atom. The van der Waals surface area contributed by atoms with Crippen LogP contribution in [0.3, 0.4) is 0 Å². The van der Waals surface area contributed by atoms with Gasteiger partial charge in [-0.05, 0) is 49.1 Å². The molecule has 24 heavy (non-hydrogen) atoms. The van der Waals surface area contributed by atoms with Crippen molar-refractivity contribution in [1.82, 2.24) is 4.90 Å². The van der Waals surface area contributed by atoms with Crippen molar-refractivity contribution in [3.63, 3.8) is 0 Å². The summed E-state index contributed by atoms with van der Waals surface area (Å²) in [6, 6.07) is 12.9. The van der Waals surface area contributed by atoms with E-state index >= 15 is 0 Å². The monoisotopic (exact) mass is 365 g/mol. The lowest BCUT2D eigenvalue weighted by molar-refractivity contribution is 0.0759. The van der Waals surface area contributed by atoms with E-state index in [1.807, 2.05) is 37.3 Å². The molecule has 0 atom stereocenters. The first-order chi connectivity index (χ1) is 11.6. The molecule has 0 aromatic heterocycles. The number of hydrogen-bond donors (Lipinski definition) is 1. The maximum Gasteiger partial charge on any atom is 0.254 e. The van der Waals surface area contributed by atoms with Gasteiger partial charge in [0.15, 0.2) is 0 Å².